The zero-order chi connectivity index (χ0) is 30.9. The maximum atomic E-state index is 5.05. The van der Waals surface area contributed by atoms with Gasteiger partial charge in [0, 0.05) is 38.6 Å². The van der Waals surface area contributed by atoms with Gasteiger partial charge in [-0.1, -0.05) is 127 Å². The molecular formula is C43H26N4. The molecule has 0 saturated heterocycles. The molecule has 0 unspecified atom stereocenters. The molecule has 47 heavy (non-hydrogen) atoms. The highest BCUT2D eigenvalue weighted by atomic mass is 15.0. The Kier molecular flexibility index (Phi) is 5.54. The van der Waals surface area contributed by atoms with Crippen LogP contribution in [-0.4, -0.2) is 19.5 Å². The fourth-order valence-electron chi connectivity index (χ4n) is 7.27. The van der Waals surface area contributed by atoms with Crippen LogP contribution in [0.1, 0.15) is 0 Å². The zero-order valence-corrected chi connectivity index (χ0v) is 25.3. The number of para-hydroxylation sites is 1. The highest BCUT2D eigenvalue weighted by molar-refractivity contribution is 6.26. The van der Waals surface area contributed by atoms with E-state index in [-0.39, 0.29) is 0 Å². The Morgan fingerprint density at radius 2 is 0.936 bits per heavy atom. The molecule has 218 valence electrons. The Bertz CT molecular complexity index is 2620. The van der Waals surface area contributed by atoms with E-state index >= 15 is 0 Å². The first kappa shape index (κ1) is 25.9. The molecule has 1 aliphatic heterocycles. The minimum atomic E-state index is 0.646. The molecule has 7 aromatic carbocycles. The second-order valence-electron chi connectivity index (χ2n) is 12.0. The van der Waals surface area contributed by atoms with Gasteiger partial charge in [0.1, 0.15) is 0 Å². The number of hydrogen-bond donors (Lipinski definition) is 0. The molecule has 1 aliphatic rings. The van der Waals surface area contributed by atoms with E-state index < -0.39 is 0 Å². The van der Waals surface area contributed by atoms with Crippen molar-refractivity contribution in [1.82, 2.24) is 19.5 Å². The monoisotopic (exact) mass is 598 g/mol. The first-order valence-corrected chi connectivity index (χ1v) is 15.9. The molecule has 0 N–H and O–H groups in total. The molecule has 3 heterocycles. The molecule has 0 aliphatic carbocycles. The molecule has 0 spiro atoms. The summed E-state index contributed by atoms with van der Waals surface area (Å²) in [5.74, 6) is 1.96. The molecule has 0 atom stereocenters. The fourth-order valence-corrected chi connectivity index (χ4v) is 7.27. The summed E-state index contributed by atoms with van der Waals surface area (Å²) in [6, 6.07) is 55.6. The van der Waals surface area contributed by atoms with Gasteiger partial charge >= 0.3 is 0 Å². The van der Waals surface area contributed by atoms with E-state index in [1.807, 2.05) is 60.7 Å². The molecule has 10 rings (SSSR count). The third kappa shape index (κ3) is 3.92. The zero-order valence-electron chi connectivity index (χ0n) is 25.3. The van der Waals surface area contributed by atoms with Crippen molar-refractivity contribution >= 4 is 32.6 Å². The van der Waals surface area contributed by atoms with E-state index in [0.717, 1.165) is 27.9 Å². The van der Waals surface area contributed by atoms with E-state index in [1.54, 1.807) is 0 Å². The van der Waals surface area contributed by atoms with Crippen molar-refractivity contribution in [2.24, 2.45) is 0 Å². The number of fused-ring (bicyclic) bond motifs is 10. The van der Waals surface area contributed by atoms with Gasteiger partial charge in [0.15, 0.2) is 17.5 Å². The van der Waals surface area contributed by atoms with E-state index in [2.05, 4.69) is 102 Å². The molecule has 4 nitrogen and oxygen atoms in total. The van der Waals surface area contributed by atoms with Crippen molar-refractivity contribution in [3.05, 3.63) is 158 Å². The maximum Gasteiger partial charge on any atom is 0.164 e. The van der Waals surface area contributed by atoms with Gasteiger partial charge < -0.3 is 4.57 Å². The third-order valence-electron chi connectivity index (χ3n) is 9.36. The summed E-state index contributed by atoms with van der Waals surface area (Å²) >= 11 is 0. The Balaban J connectivity index is 1.28. The Hall–Kier alpha value is -6.39. The van der Waals surface area contributed by atoms with Gasteiger partial charge in [-0.3, -0.25) is 0 Å². The van der Waals surface area contributed by atoms with Crippen molar-refractivity contribution in [2.45, 2.75) is 0 Å². The summed E-state index contributed by atoms with van der Waals surface area (Å²) in [4.78, 5) is 15.0. The van der Waals surface area contributed by atoms with Gasteiger partial charge in [0.2, 0.25) is 0 Å². The second-order valence-corrected chi connectivity index (χ2v) is 12.0. The smallest absolute Gasteiger partial charge is 0.164 e. The predicted octanol–water partition coefficient (Wildman–Crippen LogP) is 10.8. The summed E-state index contributed by atoms with van der Waals surface area (Å²) in [7, 11) is 0. The van der Waals surface area contributed by atoms with Gasteiger partial charge in [0.05, 0.1) is 16.7 Å². The molecule has 0 fully saturated rings. The summed E-state index contributed by atoms with van der Waals surface area (Å²) < 4.78 is 2.46. The number of nitrogens with zero attached hydrogens (tertiary/aromatic N) is 4. The average Bonchev–Trinajstić information content (AvgIpc) is 3.44. The van der Waals surface area contributed by atoms with Crippen LogP contribution < -0.4 is 0 Å². The van der Waals surface area contributed by atoms with Gasteiger partial charge in [-0.05, 0) is 52.2 Å². The standard InChI is InChI=1S/C43H26N4/c1-3-13-27(14-4-1)41-44-42(28-15-5-2-6-16-28)46-43(45-41)30-23-24-38-35(26-30)32-19-9-10-20-33(32)36-25-29-17-7-8-18-31(29)39-34-21-11-12-22-37(34)47(38)40(36)39/h1-26H. The van der Waals surface area contributed by atoms with Crippen LogP contribution in [0.2, 0.25) is 0 Å². The molecular weight excluding hydrogens is 573 g/mol. The Labute approximate surface area is 271 Å². The van der Waals surface area contributed by atoms with Crippen molar-refractivity contribution in [3.63, 3.8) is 0 Å². The lowest BCUT2D eigenvalue weighted by atomic mass is 9.91. The number of benzene rings is 7. The summed E-state index contributed by atoms with van der Waals surface area (Å²) in [5, 5.41) is 5.06. The Morgan fingerprint density at radius 1 is 0.383 bits per heavy atom. The predicted molar refractivity (Wildman–Crippen MR) is 192 cm³/mol. The van der Waals surface area contributed by atoms with Gasteiger partial charge in [-0.15, -0.1) is 0 Å². The average molecular weight is 599 g/mol. The van der Waals surface area contributed by atoms with Crippen LogP contribution in [-0.2, 0) is 0 Å². The van der Waals surface area contributed by atoms with Gasteiger partial charge in [-0.2, -0.15) is 0 Å². The Morgan fingerprint density at radius 3 is 1.64 bits per heavy atom. The molecule has 4 heteroatoms. The fraction of sp³-hybridized carbons (Fsp3) is 0. The maximum absolute atomic E-state index is 5.05. The van der Waals surface area contributed by atoms with Crippen LogP contribution in [0, 0.1) is 0 Å². The minimum Gasteiger partial charge on any atom is -0.308 e. The topological polar surface area (TPSA) is 43.6 Å². The lowest BCUT2D eigenvalue weighted by Gasteiger charge is -2.15. The van der Waals surface area contributed by atoms with Crippen molar-refractivity contribution in [3.8, 4) is 62.1 Å². The highest BCUT2D eigenvalue weighted by Gasteiger charge is 2.26. The van der Waals surface area contributed by atoms with Crippen LogP contribution in [0.15, 0.2) is 158 Å². The van der Waals surface area contributed by atoms with Crippen LogP contribution in [0.25, 0.3) is 94.7 Å². The molecule has 0 bridgehead atoms. The normalized spacial score (nSPS) is 11.8. The lowest BCUT2D eigenvalue weighted by Crippen LogP contribution is -2.01. The van der Waals surface area contributed by atoms with E-state index in [1.165, 1.54) is 49.3 Å². The van der Waals surface area contributed by atoms with Gasteiger partial charge in [-0.25, -0.2) is 15.0 Å². The van der Waals surface area contributed by atoms with Crippen LogP contribution in [0.3, 0.4) is 0 Å². The van der Waals surface area contributed by atoms with Crippen LogP contribution in [0.5, 0.6) is 0 Å². The number of rotatable bonds is 3. The van der Waals surface area contributed by atoms with E-state index in [4.69, 9.17) is 15.0 Å². The lowest BCUT2D eigenvalue weighted by molar-refractivity contribution is 1.07. The van der Waals surface area contributed by atoms with Crippen molar-refractivity contribution in [2.75, 3.05) is 0 Å². The first-order chi connectivity index (χ1) is 23.3. The van der Waals surface area contributed by atoms with E-state index in [0.29, 0.717) is 17.5 Å². The molecule has 0 saturated carbocycles. The minimum absolute atomic E-state index is 0.646. The van der Waals surface area contributed by atoms with Crippen molar-refractivity contribution in [1.29, 1.82) is 0 Å². The molecule has 9 aromatic rings. The summed E-state index contributed by atoms with van der Waals surface area (Å²) in [6.45, 7) is 0. The summed E-state index contributed by atoms with van der Waals surface area (Å²) in [6.07, 6.45) is 0. The molecule has 0 amide bonds. The van der Waals surface area contributed by atoms with Crippen molar-refractivity contribution < 1.29 is 0 Å². The second kappa shape index (κ2) is 10.1. The van der Waals surface area contributed by atoms with Crippen LogP contribution in [0.4, 0.5) is 0 Å². The first-order valence-electron chi connectivity index (χ1n) is 15.9. The number of hydrogen-bond acceptors (Lipinski definition) is 3. The molecule has 0 radical (unpaired) electrons. The number of aromatic nitrogens is 4. The quantitative estimate of drug-likeness (QED) is 0.203. The van der Waals surface area contributed by atoms with Gasteiger partial charge in [0.25, 0.3) is 0 Å². The van der Waals surface area contributed by atoms with Crippen LogP contribution >= 0.6 is 0 Å². The highest BCUT2D eigenvalue weighted by Crippen LogP contribution is 2.49. The largest absolute Gasteiger partial charge is 0.308 e. The van der Waals surface area contributed by atoms with E-state index in [9.17, 15) is 0 Å². The third-order valence-corrected chi connectivity index (χ3v) is 9.36. The SMILES string of the molecule is c1ccc(-c2nc(-c3ccccc3)nc(-c3ccc4c(c3)-c3ccccc3-c3cc5ccccc5c5c6ccccc6n-4c35)n2)cc1. The molecule has 2 aromatic heterocycles. The summed E-state index contributed by atoms with van der Waals surface area (Å²) in [5.41, 5.74) is 11.2.